The second kappa shape index (κ2) is 5.99. The molecule has 0 N–H and O–H groups in total. The molecule has 0 aromatic heterocycles. The van der Waals surface area contributed by atoms with Gasteiger partial charge < -0.3 is 9.26 Å². The Hall–Kier alpha value is -1.12. The average molecular weight is 256 g/mol. The molecule has 0 aliphatic heterocycles. The highest BCUT2D eigenvalue weighted by Crippen LogP contribution is 2.41. The Balaban J connectivity index is 3.01. The van der Waals surface area contributed by atoms with E-state index in [0.29, 0.717) is 24.1 Å². The molecule has 94 valence electrons. The molecule has 1 rings (SSSR count). The van der Waals surface area contributed by atoms with Crippen LogP contribution in [0.25, 0.3) is 0 Å². The Bertz CT molecular complexity index is 442. The van der Waals surface area contributed by atoms with Gasteiger partial charge in [-0.25, -0.2) is 4.79 Å². The summed E-state index contributed by atoms with van der Waals surface area (Å²) in [5.41, 5.74) is 0.395. The van der Waals surface area contributed by atoms with E-state index < -0.39 is 13.3 Å². The van der Waals surface area contributed by atoms with Crippen LogP contribution in [0.15, 0.2) is 24.3 Å². The summed E-state index contributed by atoms with van der Waals surface area (Å²) in [4.78, 5) is 11.5. The van der Waals surface area contributed by atoms with Crippen LogP contribution in [-0.4, -0.2) is 25.8 Å². The molecule has 5 heteroatoms. The zero-order valence-electron chi connectivity index (χ0n) is 10.3. The third kappa shape index (κ3) is 3.69. The molecule has 17 heavy (non-hydrogen) atoms. The molecule has 0 saturated carbocycles. The van der Waals surface area contributed by atoms with Crippen molar-refractivity contribution in [3.8, 4) is 0 Å². The third-order valence-electron chi connectivity index (χ3n) is 2.20. The minimum atomic E-state index is -2.84. The zero-order valence-corrected chi connectivity index (χ0v) is 11.2. The van der Waals surface area contributed by atoms with Gasteiger partial charge in [0, 0.05) is 12.0 Å². The number of rotatable bonds is 5. The van der Waals surface area contributed by atoms with Crippen molar-refractivity contribution in [2.75, 3.05) is 19.9 Å². The lowest BCUT2D eigenvalue weighted by Crippen LogP contribution is -2.11. The lowest BCUT2D eigenvalue weighted by Gasteiger charge is -2.13. The Morgan fingerprint density at radius 3 is 2.59 bits per heavy atom. The van der Waals surface area contributed by atoms with Crippen molar-refractivity contribution in [1.29, 1.82) is 0 Å². The summed E-state index contributed by atoms with van der Waals surface area (Å²) >= 11 is 0. The molecule has 0 heterocycles. The summed E-state index contributed by atoms with van der Waals surface area (Å²) in [5, 5.41) is 0.532. The largest absolute Gasteiger partial charge is 0.462 e. The molecule has 1 aromatic carbocycles. The van der Waals surface area contributed by atoms with E-state index in [1.807, 2.05) is 0 Å². The maximum absolute atomic E-state index is 12.2. The van der Waals surface area contributed by atoms with Gasteiger partial charge in [-0.2, -0.15) is 0 Å². The van der Waals surface area contributed by atoms with E-state index in [1.54, 1.807) is 44.8 Å². The predicted molar refractivity (Wildman–Crippen MR) is 67.2 cm³/mol. The van der Waals surface area contributed by atoms with Crippen LogP contribution in [0.3, 0.4) is 0 Å². The molecule has 0 fully saturated rings. The second-order valence-corrected chi connectivity index (χ2v) is 6.00. The fraction of sp³-hybridized carbons (Fsp3) is 0.417. The molecule has 4 nitrogen and oxygen atoms in total. The molecule has 0 amide bonds. The van der Waals surface area contributed by atoms with Gasteiger partial charge in [0.2, 0.25) is 7.37 Å². The maximum atomic E-state index is 12.2. The quantitative estimate of drug-likeness (QED) is 0.599. The van der Waals surface area contributed by atoms with Gasteiger partial charge in [-0.05, 0) is 32.0 Å². The van der Waals surface area contributed by atoms with Crippen molar-refractivity contribution in [3.05, 3.63) is 29.8 Å². The first-order valence-corrected chi connectivity index (χ1v) is 7.58. The SMILES string of the molecule is CCOC(=O)c1cccc(P(C)(=O)OCC)c1. The summed E-state index contributed by atoms with van der Waals surface area (Å²) in [5.74, 6) is -0.411. The third-order valence-corrected chi connectivity index (χ3v) is 4.17. The number of carbonyl (C=O) groups excluding carboxylic acids is 1. The van der Waals surface area contributed by atoms with Crippen LogP contribution >= 0.6 is 7.37 Å². The standard InChI is InChI=1S/C12H17O4P/c1-4-15-12(13)10-7-6-8-11(9-10)17(3,14)16-5-2/h6-9H,4-5H2,1-3H3. The van der Waals surface area contributed by atoms with Gasteiger partial charge in [0.25, 0.3) is 0 Å². The highest BCUT2D eigenvalue weighted by molar-refractivity contribution is 7.66. The van der Waals surface area contributed by atoms with E-state index in [0.717, 1.165) is 0 Å². The van der Waals surface area contributed by atoms with Crippen molar-refractivity contribution in [1.82, 2.24) is 0 Å². The number of carbonyl (C=O) groups is 1. The number of esters is 1. The van der Waals surface area contributed by atoms with Crippen molar-refractivity contribution < 1.29 is 18.6 Å². The summed E-state index contributed by atoms with van der Waals surface area (Å²) in [6.45, 7) is 5.76. The van der Waals surface area contributed by atoms with Gasteiger partial charge in [0.05, 0.1) is 18.8 Å². The molecule has 1 atom stereocenters. The average Bonchev–Trinajstić information content (AvgIpc) is 2.29. The van der Waals surface area contributed by atoms with Crippen LogP contribution in [-0.2, 0) is 13.8 Å². The van der Waals surface area contributed by atoms with Crippen LogP contribution in [0.5, 0.6) is 0 Å². The van der Waals surface area contributed by atoms with Gasteiger partial charge in [-0.15, -0.1) is 0 Å². The monoisotopic (exact) mass is 256 g/mol. The number of ether oxygens (including phenoxy) is 1. The number of hydrogen-bond acceptors (Lipinski definition) is 4. The van der Waals surface area contributed by atoms with E-state index in [-0.39, 0.29) is 0 Å². The summed E-state index contributed by atoms with van der Waals surface area (Å²) in [6, 6.07) is 6.57. The van der Waals surface area contributed by atoms with E-state index >= 15 is 0 Å². The Kier molecular flexibility index (Phi) is 4.91. The van der Waals surface area contributed by atoms with Crippen molar-refractivity contribution in [2.45, 2.75) is 13.8 Å². The van der Waals surface area contributed by atoms with E-state index in [4.69, 9.17) is 9.26 Å². The van der Waals surface area contributed by atoms with Gasteiger partial charge in [-0.3, -0.25) is 4.57 Å². The normalized spacial score (nSPS) is 14.1. The lowest BCUT2D eigenvalue weighted by atomic mass is 10.2. The van der Waals surface area contributed by atoms with Gasteiger partial charge in [0.1, 0.15) is 0 Å². The maximum Gasteiger partial charge on any atom is 0.338 e. The predicted octanol–water partition coefficient (Wildman–Crippen LogP) is 2.43. The van der Waals surface area contributed by atoms with Crippen molar-refractivity contribution in [2.24, 2.45) is 0 Å². The second-order valence-electron chi connectivity index (χ2n) is 3.53. The molecule has 1 aromatic rings. The van der Waals surface area contributed by atoms with Crippen LogP contribution in [0.1, 0.15) is 24.2 Å². The Labute approximate surface area is 101 Å². The molecule has 0 radical (unpaired) electrons. The van der Waals surface area contributed by atoms with Crippen molar-refractivity contribution in [3.63, 3.8) is 0 Å². The zero-order chi connectivity index (χ0) is 12.9. The molecule has 0 aliphatic rings. The molecule has 0 bridgehead atoms. The number of benzene rings is 1. The smallest absolute Gasteiger partial charge is 0.338 e. The van der Waals surface area contributed by atoms with Crippen LogP contribution in [0.2, 0.25) is 0 Å². The molecule has 0 spiro atoms. The van der Waals surface area contributed by atoms with Crippen LogP contribution < -0.4 is 5.30 Å². The van der Waals surface area contributed by atoms with Gasteiger partial charge in [0.15, 0.2) is 0 Å². The number of hydrogen-bond donors (Lipinski definition) is 0. The first-order chi connectivity index (χ1) is 8.01. The van der Waals surface area contributed by atoms with Crippen LogP contribution in [0.4, 0.5) is 0 Å². The lowest BCUT2D eigenvalue weighted by molar-refractivity contribution is 0.0526. The summed E-state index contributed by atoms with van der Waals surface area (Å²) in [7, 11) is -2.84. The molecular weight excluding hydrogens is 239 g/mol. The highest BCUT2D eigenvalue weighted by Gasteiger charge is 2.20. The highest BCUT2D eigenvalue weighted by atomic mass is 31.2. The Morgan fingerprint density at radius 1 is 1.29 bits per heavy atom. The van der Waals surface area contributed by atoms with Crippen molar-refractivity contribution >= 4 is 18.6 Å². The van der Waals surface area contributed by atoms with E-state index in [2.05, 4.69) is 0 Å². The Morgan fingerprint density at radius 2 is 2.00 bits per heavy atom. The minimum absolute atomic E-state index is 0.318. The molecular formula is C12H17O4P. The van der Waals surface area contributed by atoms with Gasteiger partial charge >= 0.3 is 5.97 Å². The first kappa shape index (κ1) is 13.9. The fourth-order valence-corrected chi connectivity index (χ4v) is 2.79. The molecule has 0 saturated heterocycles. The van der Waals surface area contributed by atoms with E-state index in [1.165, 1.54) is 0 Å². The van der Waals surface area contributed by atoms with E-state index in [9.17, 15) is 9.36 Å². The molecule has 0 aliphatic carbocycles. The van der Waals surface area contributed by atoms with Gasteiger partial charge in [-0.1, -0.05) is 6.07 Å². The first-order valence-electron chi connectivity index (χ1n) is 5.51. The summed E-state index contributed by atoms with van der Waals surface area (Å²) in [6.07, 6.45) is 0. The topological polar surface area (TPSA) is 52.6 Å². The minimum Gasteiger partial charge on any atom is -0.462 e. The van der Waals surface area contributed by atoms with Crippen LogP contribution in [0, 0.1) is 0 Å². The fourth-order valence-electron chi connectivity index (χ4n) is 1.42. The molecule has 1 unspecified atom stereocenters. The summed E-state index contributed by atoms with van der Waals surface area (Å²) < 4.78 is 22.3.